The zero-order chi connectivity index (χ0) is 9.84. The predicted molar refractivity (Wildman–Crippen MR) is 43.2 cm³/mol. The van der Waals surface area contributed by atoms with Crippen LogP contribution in [0.1, 0.15) is 6.92 Å². The van der Waals surface area contributed by atoms with E-state index in [4.69, 9.17) is 5.11 Å². The minimum atomic E-state index is -1.09. The standard InChI is InChI=1S/C6H10N4O3/c1-3(11)4(12)7-5-8-6(13-2)10-9-5/h3,11H,1-2H3,(H2,7,8,9,10,12). The zero-order valence-electron chi connectivity index (χ0n) is 7.24. The second-order valence-corrected chi connectivity index (χ2v) is 2.34. The molecule has 0 aromatic carbocycles. The van der Waals surface area contributed by atoms with E-state index in [1.807, 2.05) is 0 Å². The highest BCUT2D eigenvalue weighted by Crippen LogP contribution is 2.04. The second-order valence-electron chi connectivity index (χ2n) is 2.34. The summed E-state index contributed by atoms with van der Waals surface area (Å²) in [6, 6.07) is 0.126. The number of aromatic amines is 1. The summed E-state index contributed by atoms with van der Waals surface area (Å²) in [5.41, 5.74) is 0. The lowest BCUT2D eigenvalue weighted by molar-refractivity contribution is -0.123. The van der Waals surface area contributed by atoms with Gasteiger partial charge in [0.15, 0.2) is 0 Å². The maximum Gasteiger partial charge on any atom is 0.336 e. The van der Waals surface area contributed by atoms with Crippen LogP contribution in [0.2, 0.25) is 0 Å². The van der Waals surface area contributed by atoms with Crippen LogP contribution in [0.3, 0.4) is 0 Å². The number of aromatic nitrogens is 3. The van der Waals surface area contributed by atoms with Crippen LogP contribution in [0.15, 0.2) is 0 Å². The molecular formula is C6H10N4O3. The Morgan fingerprint density at radius 1 is 1.77 bits per heavy atom. The SMILES string of the molecule is COc1n[nH]c(NC(=O)C(C)O)n1. The van der Waals surface area contributed by atoms with Gasteiger partial charge in [0.05, 0.1) is 7.11 Å². The van der Waals surface area contributed by atoms with Crippen molar-refractivity contribution in [2.45, 2.75) is 13.0 Å². The molecule has 0 aliphatic carbocycles. The summed E-state index contributed by atoms with van der Waals surface area (Å²) in [5, 5.41) is 17.1. The number of aliphatic hydroxyl groups excluding tert-OH is 1. The van der Waals surface area contributed by atoms with Gasteiger partial charge in [-0.15, -0.1) is 5.10 Å². The van der Waals surface area contributed by atoms with Crippen molar-refractivity contribution in [1.82, 2.24) is 15.2 Å². The number of anilines is 1. The van der Waals surface area contributed by atoms with Gasteiger partial charge in [-0.3, -0.25) is 10.1 Å². The first kappa shape index (κ1) is 9.46. The van der Waals surface area contributed by atoms with Crippen LogP contribution < -0.4 is 10.1 Å². The number of carbonyl (C=O) groups excluding carboxylic acids is 1. The molecule has 7 nitrogen and oxygen atoms in total. The van der Waals surface area contributed by atoms with Gasteiger partial charge in [-0.2, -0.15) is 4.98 Å². The van der Waals surface area contributed by atoms with E-state index in [-0.39, 0.29) is 12.0 Å². The number of methoxy groups -OCH3 is 1. The van der Waals surface area contributed by atoms with E-state index in [1.54, 1.807) is 0 Å². The third-order valence-electron chi connectivity index (χ3n) is 1.27. The highest BCUT2D eigenvalue weighted by atomic mass is 16.5. The molecule has 0 bridgehead atoms. The van der Waals surface area contributed by atoms with E-state index >= 15 is 0 Å². The van der Waals surface area contributed by atoms with Crippen LogP contribution in [0.25, 0.3) is 0 Å². The molecule has 1 aromatic rings. The molecule has 1 aromatic heterocycles. The fourth-order valence-corrected chi connectivity index (χ4v) is 0.615. The van der Waals surface area contributed by atoms with Crippen molar-refractivity contribution in [1.29, 1.82) is 0 Å². The van der Waals surface area contributed by atoms with Crippen LogP contribution in [0.5, 0.6) is 6.01 Å². The van der Waals surface area contributed by atoms with Crippen molar-refractivity contribution < 1.29 is 14.6 Å². The Morgan fingerprint density at radius 3 is 2.92 bits per heavy atom. The van der Waals surface area contributed by atoms with Crippen LogP contribution in [-0.2, 0) is 4.79 Å². The van der Waals surface area contributed by atoms with E-state index in [9.17, 15) is 4.79 Å². The summed E-state index contributed by atoms with van der Waals surface area (Å²) in [6.45, 7) is 1.35. The minimum absolute atomic E-state index is 0.126. The van der Waals surface area contributed by atoms with Crippen molar-refractivity contribution in [3.05, 3.63) is 0 Å². The van der Waals surface area contributed by atoms with Gasteiger partial charge >= 0.3 is 6.01 Å². The van der Waals surface area contributed by atoms with Crippen molar-refractivity contribution in [2.24, 2.45) is 0 Å². The molecule has 0 aliphatic heterocycles. The molecule has 0 saturated heterocycles. The van der Waals surface area contributed by atoms with Gasteiger partial charge < -0.3 is 9.84 Å². The fourth-order valence-electron chi connectivity index (χ4n) is 0.615. The molecule has 1 rings (SSSR count). The van der Waals surface area contributed by atoms with Crippen molar-refractivity contribution in [2.75, 3.05) is 12.4 Å². The molecule has 0 saturated carbocycles. The van der Waals surface area contributed by atoms with Crippen LogP contribution in [0.4, 0.5) is 5.95 Å². The number of nitrogens with zero attached hydrogens (tertiary/aromatic N) is 2. The lowest BCUT2D eigenvalue weighted by Crippen LogP contribution is -2.25. The summed E-state index contributed by atoms with van der Waals surface area (Å²) in [4.78, 5) is 14.6. The average Bonchev–Trinajstić information content (AvgIpc) is 2.52. The summed E-state index contributed by atoms with van der Waals surface area (Å²) in [7, 11) is 1.41. The molecule has 0 aliphatic rings. The number of amides is 1. The summed E-state index contributed by atoms with van der Waals surface area (Å²) in [5.74, 6) is -0.415. The van der Waals surface area contributed by atoms with E-state index in [2.05, 4.69) is 25.2 Å². The summed E-state index contributed by atoms with van der Waals surface area (Å²) >= 11 is 0. The Kier molecular flexibility index (Phi) is 2.80. The first-order valence-corrected chi connectivity index (χ1v) is 3.59. The quantitative estimate of drug-likeness (QED) is 0.570. The first-order chi connectivity index (χ1) is 6.13. The number of rotatable bonds is 3. The zero-order valence-corrected chi connectivity index (χ0v) is 7.24. The molecular weight excluding hydrogens is 176 g/mol. The first-order valence-electron chi connectivity index (χ1n) is 3.59. The molecule has 0 spiro atoms. The van der Waals surface area contributed by atoms with Gasteiger partial charge in [-0.05, 0) is 6.92 Å². The molecule has 0 fully saturated rings. The molecule has 1 heterocycles. The maximum absolute atomic E-state index is 10.9. The van der Waals surface area contributed by atoms with Crippen LogP contribution in [0, 0.1) is 0 Å². The molecule has 7 heteroatoms. The van der Waals surface area contributed by atoms with Gasteiger partial charge in [0.25, 0.3) is 5.91 Å². The van der Waals surface area contributed by atoms with Crippen molar-refractivity contribution >= 4 is 11.9 Å². The number of carbonyl (C=O) groups is 1. The Bertz CT molecular complexity index is 296. The molecule has 1 unspecified atom stereocenters. The van der Waals surface area contributed by atoms with E-state index in [0.717, 1.165) is 0 Å². The molecule has 72 valence electrons. The molecule has 1 atom stereocenters. The number of hydrogen-bond donors (Lipinski definition) is 3. The highest BCUT2D eigenvalue weighted by Gasteiger charge is 2.11. The van der Waals surface area contributed by atoms with E-state index in [0.29, 0.717) is 0 Å². The molecule has 0 radical (unpaired) electrons. The van der Waals surface area contributed by atoms with Crippen LogP contribution >= 0.6 is 0 Å². The lowest BCUT2D eigenvalue weighted by Gasteiger charge is -2.01. The van der Waals surface area contributed by atoms with Crippen molar-refractivity contribution in [3.63, 3.8) is 0 Å². The third kappa shape index (κ3) is 2.41. The maximum atomic E-state index is 10.9. The number of ether oxygens (including phenoxy) is 1. The van der Waals surface area contributed by atoms with Gasteiger partial charge in [-0.25, -0.2) is 5.10 Å². The van der Waals surface area contributed by atoms with Gasteiger partial charge in [0.1, 0.15) is 6.10 Å². The van der Waals surface area contributed by atoms with Crippen molar-refractivity contribution in [3.8, 4) is 6.01 Å². The number of hydrogen-bond acceptors (Lipinski definition) is 5. The topological polar surface area (TPSA) is 100 Å². The smallest absolute Gasteiger partial charge is 0.336 e. The number of nitrogens with one attached hydrogen (secondary N) is 2. The normalized spacial score (nSPS) is 12.2. The Hall–Kier alpha value is -1.63. The molecule has 13 heavy (non-hydrogen) atoms. The number of H-pyrrole nitrogens is 1. The lowest BCUT2D eigenvalue weighted by atomic mass is 10.4. The summed E-state index contributed by atoms with van der Waals surface area (Å²) in [6.07, 6.45) is -1.09. The highest BCUT2D eigenvalue weighted by molar-refractivity contribution is 5.92. The Morgan fingerprint density at radius 2 is 2.46 bits per heavy atom. The minimum Gasteiger partial charge on any atom is -0.466 e. The Labute approximate surface area is 74.1 Å². The van der Waals surface area contributed by atoms with Gasteiger partial charge in [0, 0.05) is 0 Å². The van der Waals surface area contributed by atoms with Gasteiger partial charge in [0.2, 0.25) is 5.95 Å². The number of aliphatic hydroxyl groups is 1. The molecule has 3 N–H and O–H groups in total. The largest absolute Gasteiger partial charge is 0.466 e. The predicted octanol–water partition coefficient (Wildman–Crippen LogP) is -0.867. The third-order valence-corrected chi connectivity index (χ3v) is 1.27. The van der Waals surface area contributed by atoms with Crippen LogP contribution in [-0.4, -0.2) is 39.4 Å². The van der Waals surface area contributed by atoms with Gasteiger partial charge in [-0.1, -0.05) is 0 Å². The summed E-state index contributed by atoms with van der Waals surface area (Å²) < 4.78 is 4.67. The van der Waals surface area contributed by atoms with E-state index < -0.39 is 12.0 Å². The Balaban J connectivity index is 2.59. The molecule has 1 amide bonds. The fraction of sp³-hybridized carbons (Fsp3) is 0.500. The monoisotopic (exact) mass is 186 g/mol. The average molecular weight is 186 g/mol. The second kappa shape index (κ2) is 3.85. The van der Waals surface area contributed by atoms with E-state index in [1.165, 1.54) is 14.0 Å².